The van der Waals surface area contributed by atoms with Crippen LogP contribution < -0.4 is 0 Å². The number of hydrogen-bond donors (Lipinski definition) is 0. The van der Waals surface area contributed by atoms with Gasteiger partial charge in [0.15, 0.2) is 0 Å². The van der Waals surface area contributed by atoms with Crippen LogP contribution in [0.2, 0.25) is 0 Å². The molecule has 0 N–H and O–H groups in total. The Balaban J connectivity index is 0.906. The highest BCUT2D eigenvalue weighted by molar-refractivity contribution is 6.22. The zero-order chi connectivity index (χ0) is 47.3. The number of fused-ring (bicyclic) bond motifs is 10. The summed E-state index contributed by atoms with van der Waals surface area (Å²) in [4.78, 5) is 0. The van der Waals surface area contributed by atoms with Gasteiger partial charge in [-0.2, -0.15) is 0 Å². The Morgan fingerprint density at radius 3 is 1.36 bits per heavy atom. The summed E-state index contributed by atoms with van der Waals surface area (Å²) in [6.07, 6.45) is 0. The lowest BCUT2D eigenvalue weighted by atomic mass is 9.86. The van der Waals surface area contributed by atoms with E-state index in [2.05, 4.69) is 265 Å². The van der Waals surface area contributed by atoms with Gasteiger partial charge in [-0.15, -0.1) is 0 Å². The number of para-hydroxylation sites is 1. The van der Waals surface area contributed by atoms with E-state index in [9.17, 15) is 0 Å². The van der Waals surface area contributed by atoms with Crippen LogP contribution in [0, 0.1) is 0 Å². The third-order valence-corrected chi connectivity index (χ3v) is 15.2. The van der Waals surface area contributed by atoms with Gasteiger partial charge in [0, 0.05) is 32.8 Å². The van der Waals surface area contributed by atoms with Gasteiger partial charge in [0.1, 0.15) is 11.2 Å². The van der Waals surface area contributed by atoms with Gasteiger partial charge in [-0.05, 0) is 148 Å². The Morgan fingerprint density at radius 2 is 0.708 bits per heavy atom. The van der Waals surface area contributed by atoms with Crippen molar-refractivity contribution in [3.63, 3.8) is 0 Å². The molecule has 72 heavy (non-hydrogen) atoms. The summed E-state index contributed by atoms with van der Waals surface area (Å²) in [5.74, 6) is 0. The van der Waals surface area contributed by atoms with Crippen LogP contribution in [-0.2, 0) is 0 Å². The molecule has 2 heterocycles. The van der Waals surface area contributed by atoms with E-state index in [0.29, 0.717) is 0 Å². The summed E-state index contributed by atoms with van der Waals surface area (Å²) in [6, 6.07) is 95.5. The topological polar surface area (TPSA) is 18.1 Å². The summed E-state index contributed by atoms with van der Waals surface area (Å²) >= 11 is 0. The van der Waals surface area contributed by atoms with E-state index in [1.165, 1.54) is 98.3 Å². The van der Waals surface area contributed by atoms with Gasteiger partial charge in [-0.3, -0.25) is 0 Å². The molecule has 0 amide bonds. The minimum atomic E-state index is 0.875. The monoisotopic (exact) mass is 913 g/mol. The van der Waals surface area contributed by atoms with Crippen molar-refractivity contribution >= 4 is 86.8 Å². The van der Waals surface area contributed by atoms with Crippen molar-refractivity contribution in [1.29, 1.82) is 0 Å². The molecule has 0 fully saturated rings. The van der Waals surface area contributed by atoms with Crippen molar-refractivity contribution in [1.82, 2.24) is 4.57 Å². The summed E-state index contributed by atoms with van der Waals surface area (Å²) in [6.45, 7) is 0. The van der Waals surface area contributed by atoms with Crippen molar-refractivity contribution in [2.45, 2.75) is 0 Å². The van der Waals surface area contributed by atoms with Crippen LogP contribution >= 0.6 is 0 Å². The molecule has 0 saturated heterocycles. The number of hydrogen-bond acceptors (Lipinski definition) is 1. The first-order chi connectivity index (χ1) is 35.7. The Bertz CT molecular complexity index is 4600. The second-order valence-corrected chi connectivity index (χ2v) is 19.1. The minimum absolute atomic E-state index is 0.875. The van der Waals surface area contributed by atoms with Gasteiger partial charge < -0.3 is 8.98 Å². The van der Waals surface area contributed by atoms with Crippen molar-refractivity contribution < 1.29 is 4.42 Å². The fourth-order valence-corrected chi connectivity index (χ4v) is 11.9. The lowest BCUT2D eigenvalue weighted by Gasteiger charge is -2.18. The normalized spacial score (nSPS) is 11.9. The highest BCUT2D eigenvalue weighted by Gasteiger charge is 2.21. The van der Waals surface area contributed by atoms with Crippen molar-refractivity contribution in [2.24, 2.45) is 0 Å². The van der Waals surface area contributed by atoms with Crippen LogP contribution in [0.5, 0.6) is 0 Å². The SMILES string of the molecule is c1ccc(-c2c3ccccc3c(-c3ccc(-n4c5ccccc5c5cc(-c6cc(-c7cccc8ccccc78)cc7c6oc6ccc(-c8cccc9ccccc89)cc67)ccc54)cc3)c3ccccc23)cc1. The van der Waals surface area contributed by atoms with Gasteiger partial charge in [-0.1, -0.05) is 206 Å². The van der Waals surface area contributed by atoms with E-state index in [-0.39, 0.29) is 0 Å². The zero-order valence-electron chi connectivity index (χ0n) is 39.2. The Morgan fingerprint density at radius 1 is 0.250 bits per heavy atom. The van der Waals surface area contributed by atoms with E-state index in [0.717, 1.165) is 49.8 Å². The van der Waals surface area contributed by atoms with Gasteiger partial charge in [0.25, 0.3) is 0 Å². The molecule has 15 aromatic rings. The maximum atomic E-state index is 6.99. The van der Waals surface area contributed by atoms with Crippen LogP contribution in [0.25, 0.3) is 148 Å². The van der Waals surface area contributed by atoms with E-state index in [4.69, 9.17) is 4.42 Å². The molecule has 2 heteroatoms. The van der Waals surface area contributed by atoms with Crippen molar-refractivity contribution in [3.8, 4) is 61.3 Å². The first kappa shape index (κ1) is 40.4. The predicted molar refractivity (Wildman–Crippen MR) is 305 cm³/mol. The molecular formula is C70H43NO. The Kier molecular flexibility index (Phi) is 8.99. The van der Waals surface area contributed by atoms with E-state index in [1.807, 2.05) is 0 Å². The van der Waals surface area contributed by atoms with Crippen molar-refractivity contribution in [3.05, 3.63) is 261 Å². The lowest BCUT2D eigenvalue weighted by Crippen LogP contribution is -1.95. The fraction of sp³-hybridized carbons (Fsp3) is 0. The average Bonchev–Trinajstić information content (AvgIpc) is 3.99. The number of rotatable bonds is 6. The summed E-state index contributed by atoms with van der Waals surface area (Å²) in [5.41, 5.74) is 17.1. The van der Waals surface area contributed by atoms with Crippen LogP contribution in [0.4, 0.5) is 0 Å². The lowest BCUT2D eigenvalue weighted by molar-refractivity contribution is 0.670. The summed E-state index contributed by atoms with van der Waals surface area (Å²) in [5, 5.41) is 14.5. The maximum Gasteiger partial charge on any atom is 0.143 e. The van der Waals surface area contributed by atoms with Gasteiger partial charge in [0.2, 0.25) is 0 Å². The molecule has 0 unspecified atom stereocenters. The Hall–Kier alpha value is -9.50. The quantitative estimate of drug-likeness (QED) is 0.152. The Labute approximate surface area is 415 Å². The number of nitrogens with zero attached hydrogens (tertiary/aromatic N) is 1. The summed E-state index contributed by atoms with van der Waals surface area (Å²) < 4.78 is 9.42. The predicted octanol–water partition coefficient (Wildman–Crippen LogP) is 19.6. The van der Waals surface area contributed by atoms with Gasteiger partial charge >= 0.3 is 0 Å². The highest BCUT2D eigenvalue weighted by Crippen LogP contribution is 2.46. The zero-order valence-corrected chi connectivity index (χ0v) is 39.2. The molecule has 0 aliphatic rings. The molecule has 0 atom stereocenters. The van der Waals surface area contributed by atoms with Gasteiger partial charge in [-0.25, -0.2) is 0 Å². The second kappa shape index (κ2) is 16.0. The average molecular weight is 914 g/mol. The van der Waals surface area contributed by atoms with Crippen LogP contribution in [0.1, 0.15) is 0 Å². The molecule has 0 aliphatic heterocycles. The van der Waals surface area contributed by atoms with E-state index in [1.54, 1.807) is 0 Å². The molecule has 13 aromatic carbocycles. The standard InChI is InChI=1S/C70H43NO/c1-2-18-46(19-3-1)68-57-25-8-10-27-59(57)69(60-28-11-9-26-58(60)68)47-32-36-51(37-33-47)71-65-31-13-12-24-56(65)62-40-49(34-38-66(62)71)61-42-50(55-30-15-21-45-17-5-7-23-53(45)55)43-64-63-41-48(35-39-67(63)72-70(61)64)54-29-14-20-44-16-4-6-22-52(44)54/h1-43H. The number of aromatic nitrogens is 1. The third-order valence-electron chi connectivity index (χ3n) is 15.2. The van der Waals surface area contributed by atoms with Gasteiger partial charge in [0.05, 0.1) is 11.0 Å². The first-order valence-corrected chi connectivity index (χ1v) is 24.8. The largest absolute Gasteiger partial charge is 0.455 e. The van der Waals surface area contributed by atoms with Crippen LogP contribution in [0.3, 0.4) is 0 Å². The first-order valence-electron chi connectivity index (χ1n) is 24.8. The molecule has 334 valence electrons. The molecule has 2 nitrogen and oxygen atoms in total. The molecule has 0 radical (unpaired) electrons. The smallest absolute Gasteiger partial charge is 0.143 e. The maximum absolute atomic E-state index is 6.99. The number of benzene rings is 13. The van der Waals surface area contributed by atoms with E-state index >= 15 is 0 Å². The fourth-order valence-electron chi connectivity index (χ4n) is 11.9. The molecule has 0 spiro atoms. The van der Waals surface area contributed by atoms with Crippen molar-refractivity contribution in [2.75, 3.05) is 0 Å². The molecule has 2 aromatic heterocycles. The molecule has 0 saturated carbocycles. The van der Waals surface area contributed by atoms with E-state index < -0.39 is 0 Å². The second-order valence-electron chi connectivity index (χ2n) is 19.1. The molecule has 0 bridgehead atoms. The van der Waals surface area contributed by atoms with Crippen LogP contribution in [0.15, 0.2) is 265 Å². The highest BCUT2D eigenvalue weighted by atomic mass is 16.3. The minimum Gasteiger partial charge on any atom is -0.455 e. The molecular weight excluding hydrogens is 871 g/mol. The van der Waals surface area contributed by atoms with Crippen LogP contribution in [-0.4, -0.2) is 4.57 Å². The summed E-state index contributed by atoms with van der Waals surface area (Å²) in [7, 11) is 0. The molecule has 0 aliphatic carbocycles. The molecule has 15 rings (SSSR count). The third kappa shape index (κ3) is 6.22. The number of furan rings is 1.